The Labute approximate surface area is 222 Å². The second kappa shape index (κ2) is 11.0. The van der Waals surface area contributed by atoms with Crippen LogP contribution in [0, 0.1) is 0 Å². The van der Waals surface area contributed by atoms with Crippen LogP contribution in [0.1, 0.15) is 11.3 Å². The monoisotopic (exact) mass is 563 g/mol. The number of β-lactam (4-membered cyclic amide) rings is 1. The number of carbonyl (C=O) groups is 4. The molecular weight excluding hydrogens is 542 g/mol. The second-order valence-corrected chi connectivity index (χ2v) is 9.97. The summed E-state index contributed by atoms with van der Waals surface area (Å²) in [6.45, 7) is -0.374. The third-order valence-electron chi connectivity index (χ3n) is 5.49. The van der Waals surface area contributed by atoms with Crippen molar-refractivity contribution in [1.82, 2.24) is 15.2 Å². The van der Waals surface area contributed by atoms with E-state index in [2.05, 4.69) is 15.5 Å². The van der Waals surface area contributed by atoms with Crippen molar-refractivity contribution in [3.05, 3.63) is 46.1 Å². The van der Waals surface area contributed by atoms with Crippen LogP contribution >= 0.6 is 23.1 Å². The number of amides is 2. The standard InChI is InChI=1S/C22H21N5O9S2/c1-35-26-15(11-8-38-22(23)24-11)18(31)25-16-19(32)27-17(21(33)34)10(7-37-20(16)27)6-36-14(30)5-9-2-3-12(28)13(29)4-9/h2-4,8,16,20,28-29H,5-7H2,1H3,(H2,23,24)(H,25,31)(H,33,34)/b26-15-/t16-,20-/m1/s1. The number of aliphatic carboxylic acids is 1. The van der Waals surface area contributed by atoms with E-state index >= 15 is 0 Å². The Kier molecular flexibility index (Phi) is 7.72. The lowest BCUT2D eigenvalue weighted by molar-refractivity contribution is -0.150. The molecule has 200 valence electrons. The number of ether oxygens (including phenoxy) is 1. The number of hydrogen-bond acceptors (Lipinski definition) is 13. The predicted octanol–water partition coefficient (Wildman–Crippen LogP) is 0.0115. The number of phenolic OH excluding ortho intramolecular Hbond substituents is 2. The molecule has 0 saturated carbocycles. The minimum absolute atomic E-state index is 0.122. The highest BCUT2D eigenvalue weighted by molar-refractivity contribution is 8.00. The summed E-state index contributed by atoms with van der Waals surface area (Å²) in [5.74, 6) is -4.11. The fourth-order valence-corrected chi connectivity index (χ4v) is 5.64. The Morgan fingerprint density at radius 2 is 2.05 bits per heavy atom. The van der Waals surface area contributed by atoms with Crippen LogP contribution in [0.25, 0.3) is 0 Å². The van der Waals surface area contributed by atoms with E-state index in [9.17, 15) is 34.5 Å². The minimum Gasteiger partial charge on any atom is -0.504 e. The number of nitrogens with one attached hydrogen (secondary N) is 1. The number of aromatic nitrogens is 1. The molecule has 2 atom stereocenters. The number of carboxylic acid groups (broad SMARTS) is 1. The molecule has 1 saturated heterocycles. The van der Waals surface area contributed by atoms with Crippen LogP contribution in [0.3, 0.4) is 0 Å². The van der Waals surface area contributed by atoms with Gasteiger partial charge >= 0.3 is 11.9 Å². The normalized spacial score (nSPS) is 18.9. The van der Waals surface area contributed by atoms with Crippen LogP contribution in [-0.4, -0.2) is 85.6 Å². The zero-order chi connectivity index (χ0) is 27.6. The molecule has 0 unspecified atom stereocenters. The maximum Gasteiger partial charge on any atom is 0.352 e. The summed E-state index contributed by atoms with van der Waals surface area (Å²) in [7, 11) is 1.24. The molecule has 1 aromatic heterocycles. The molecule has 38 heavy (non-hydrogen) atoms. The Balaban J connectivity index is 1.43. The Morgan fingerprint density at radius 3 is 2.68 bits per heavy atom. The molecule has 2 aromatic rings. The summed E-state index contributed by atoms with van der Waals surface area (Å²) in [6.07, 6.45) is -0.230. The van der Waals surface area contributed by atoms with E-state index < -0.39 is 40.9 Å². The Morgan fingerprint density at radius 1 is 1.29 bits per heavy atom. The van der Waals surface area contributed by atoms with Gasteiger partial charge in [0.15, 0.2) is 22.3 Å². The average Bonchev–Trinajstić information content (AvgIpc) is 3.31. The molecular formula is C22H21N5O9S2. The zero-order valence-corrected chi connectivity index (χ0v) is 21.2. The quantitative estimate of drug-likeness (QED) is 0.0897. The first-order valence-electron chi connectivity index (χ1n) is 10.8. The molecule has 0 aliphatic carbocycles. The summed E-state index contributed by atoms with van der Waals surface area (Å²) in [5, 5.41) is 35.9. The van der Waals surface area contributed by atoms with Gasteiger partial charge in [-0.1, -0.05) is 11.2 Å². The second-order valence-electron chi connectivity index (χ2n) is 7.97. The molecule has 0 spiro atoms. The number of thiazole rings is 1. The first kappa shape index (κ1) is 26.7. The molecule has 6 N–H and O–H groups in total. The Bertz CT molecular complexity index is 1370. The topological polar surface area (TPSA) is 214 Å². The van der Waals surface area contributed by atoms with Crippen molar-refractivity contribution in [1.29, 1.82) is 0 Å². The number of carboxylic acids is 1. The van der Waals surface area contributed by atoms with Crippen molar-refractivity contribution < 1.29 is 44.1 Å². The molecule has 2 aliphatic rings. The van der Waals surface area contributed by atoms with Gasteiger partial charge in [-0.3, -0.25) is 19.3 Å². The molecule has 1 aromatic carbocycles. The highest BCUT2D eigenvalue weighted by Gasteiger charge is 2.54. The number of esters is 1. The molecule has 2 amide bonds. The van der Waals surface area contributed by atoms with E-state index in [0.717, 1.165) is 16.2 Å². The number of phenols is 2. The predicted molar refractivity (Wildman–Crippen MR) is 134 cm³/mol. The summed E-state index contributed by atoms with van der Waals surface area (Å²) >= 11 is 2.28. The minimum atomic E-state index is -1.39. The van der Waals surface area contributed by atoms with Crippen molar-refractivity contribution in [3.8, 4) is 11.5 Å². The van der Waals surface area contributed by atoms with Crippen molar-refractivity contribution in [3.63, 3.8) is 0 Å². The fourth-order valence-electron chi connectivity index (χ4n) is 3.76. The number of carbonyl (C=O) groups excluding carboxylic acids is 3. The number of nitrogens with zero attached hydrogens (tertiary/aromatic N) is 3. The number of rotatable bonds is 9. The van der Waals surface area contributed by atoms with Crippen LogP contribution in [0.2, 0.25) is 0 Å². The van der Waals surface area contributed by atoms with Gasteiger partial charge in [0, 0.05) is 16.7 Å². The van der Waals surface area contributed by atoms with Gasteiger partial charge in [-0.15, -0.1) is 23.1 Å². The molecule has 16 heteroatoms. The molecule has 1 fully saturated rings. The van der Waals surface area contributed by atoms with Crippen LogP contribution < -0.4 is 11.1 Å². The van der Waals surface area contributed by atoms with E-state index in [4.69, 9.17) is 15.3 Å². The lowest BCUT2D eigenvalue weighted by Crippen LogP contribution is -2.71. The first-order valence-corrected chi connectivity index (χ1v) is 12.7. The number of nitrogen functional groups attached to an aromatic ring is 1. The van der Waals surface area contributed by atoms with Crippen molar-refractivity contribution in [2.45, 2.75) is 17.8 Å². The number of thioether (sulfide) groups is 1. The number of nitrogens with two attached hydrogens (primary N) is 1. The van der Waals surface area contributed by atoms with Crippen LogP contribution in [-0.2, 0) is 35.2 Å². The maximum absolute atomic E-state index is 12.9. The van der Waals surface area contributed by atoms with Gasteiger partial charge in [-0.2, -0.15) is 0 Å². The molecule has 4 rings (SSSR count). The highest BCUT2D eigenvalue weighted by atomic mass is 32.2. The summed E-state index contributed by atoms with van der Waals surface area (Å²) in [6, 6.07) is 2.82. The third kappa shape index (κ3) is 5.35. The van der Waals surface area contributed by atoms with E-state index in [-0.39, 0.29) is 52.3 Å². The van der Waals surface area contributed by atoms with Gasteiger partial charge in [-0.05, 0) is 17.7 Å². The summed E-state index contributed by atoms with van der Waals surface area (Å²) in [4.78, 5) is 59.7. The van der Waals surface area contributed by atoms with Crippen molar-refractivity contribution in [2.24, 2.45) is 5.16 Å². The number of anilines is 1. The number of fused-ring (bicyclic) bond motifs is 1. The highest BCUT2D eigenvalue weighted by Crippen LogP contribution is 2.40. The molecule has 14 nitrogen and oxygen atoms in total. The average molecular weight is 564 g/mol. The SMILES string of the molecule is CO/N=C(\C(=O)N[C@@H]1C(=O)N2C(C(=O)O)=C(COC(=O)Cc3ccc(O)c(O)c3)CS[C@H]12)c1csc(N)n1. The fraction of sp³-hybridized carbons (Fsp3) is 0.273. The summed E-state index contributed by atoms with van der Waals surface area (Å²) < 4.78 is 5.21. The number of benzene rings is 1. The molecule has 0 bridgehead atoms. The molecule has 2 aliphatic heterocycles. The van der Waals surface area contributed by atoms with E-state index in [1.165, 1.54) is 42.5 Å². The van der Waals surface area contributed by atoms with Gasteiger partial charge in [-0.25, -0.2) is 9.78 Å². The number of hydrogen-bond donors (Lipinski definition) is 5. The molecule has 0 radical (unpaired) electrons. The van der Waals surface area contributed by atoms with E-state index in [0.29, 0.717) is 5.56 Å². The number of oxime groups is 1. The van der Waals surface area contributed by atoms with Gasteiger partial charge in [0.25, 0.3) is 11.8 Å². The third-order valence-corrected chi connectivity index (χ3v) is 7.51. The van der Waals surface area contributed by atoms with E-state index in [1.54, 1.807) is 0 Å². The lowest BCUT2D eigenvalue weighted by atomic mass is 10.0. The van der Waals surface area contributed by atoms with Crippen molar-refractivity contribution in [2.75, 3.05) is 25.2 Å². The number of aromatic hydroxyl groups is 2. The lowest BCUT2D eigenvalue weighted by Gasteiger charge is -2.49. The smallest absolute Gasteiger partial charge is 0.352 e. The van der Waals surface area contributed by atoms with Crippen LogP contribution in [0.4, 0.5) is 5.13 Å². The largest absolute Gasteiger partial charge is 0.504 e. The first-order chi connectivity index (χ1) is 18.1. The Hall–Kier alpha value is -4.31. The van der Waals surface area contributed by atoms with Crippen LogP contribution in [0.15, 0.2) is 40.0 Å². The zero-order valence-electron chi connectivity index (χ0n) is 19.6. The van der Waals surface area contributed by atoms with Gasteiger partial charge in [0.05, 0.1) is 6.42 Å². The molecule has 3 heterocycles. The maximum atomic E-state index is 12.9. The van der Waals surface area contributed by atoms with Gasteiger partial charge < -0.3 is 35.9 Å². The van der Waals surface area contributed by atoms with E-state index in [1.807, 2.05) is 0 Å². The van der Waals surface area contributed by atoms with Crippen molar-refractivity contribution >= 4 is 57.7 Å². The van der Waals surface area contributed by atoms with Gasteiger partial charge in [0.2, 0.25) is 0 Å². The van der Waals surface area contributed by atoms with Gasteiger partial charge in [0.1, 0.15) is 36.5 Å². The van der Waals surface area contributed by atoms with Crippen LogP contribution in [0.5, 0.6) is 11.5 Å². The summed E-state index contributed by atoms with van der Waals surface area (Å²) in [5.41, 5.74) is 5.84.